The zero-order valence-corrected chi connectivity index (χ0v) is 10.8. The second kappa shape index (κ2) is 6.31. The third kappa shape index (κ3) is 3.16. The van der Waals surface area contributed by atoms with E-state index in [1.165, 1.54) is 26.4 Å². The Hall–Kier alpha value is -0.680. The number of nitrogens with two attached hydrogens (primary N) is 1. The molecule has 0 atom stereocenters. The largest absolute Gasteiger partial charge is 0.349 e. The fraction of sp³-hybridized carbons (Fsp3) is 0.500. The lowest BCUT2D eigenvalue weighted by Gasteiger charge is -2.31. The van der Waals surface area contributed by atoms with Gasteiger partial charge in [0, 0.05) is 26.2 Å². The third-order valence-corrected chi connectivity index (χ3v) is 3.02. The summed E-state index contributed by atoms with van der Waals surface area (Å²) in [5.41, 5.74) is 6.16. The molecule has 2 N–H and O–H groups in total. The van der Waals surface area contributed by atoms with Crippen LogP contribution in [0.4, 0.5) is 4.39 Å². The molecule has 0 saturated heterocycles. The summed E-state index contributed by atoms with van der Waals surface area (Å²) in [6.45, 7) is 0.531. The van der Waals surface area contributed by atoms with Crippen molar-refractivity contribution in [2.75, 3.05) is 20.8 Å². The van der Waals surface area contributed by atoms with E-state index in [-0.39, 0.29) is 5.02 Å². The first kappa shape index (κ1) is 14.4. The molecule has 1 aromatic rings. The average molecular weight is 262 g/mol. The molecule has 0 radical (unpaired) electrons. The summed E-state index contributed by atoms with van der Waals surface area (Å²) < 4.78 is 23.9. The normalized spacial score (nSPS) is 11.8. The Morgan fingerprint density at radius 2 is 2.00 bits per heavy atom. The Morgan fingerprint density at radius 1 is 1.35 bits per heavy atom. The summed E-state index contributed by atoms with van der Waals surface area (Å²) in [5.74, 6) is -1.38. The molecule has 0 aliphatic heterocycles. The van der Waals surface area contributed by atoms with Crippen LogP contribution >= 0.6 is 11.6 Å². The van der Waals surface area contributed by atoms with Crippen molar-refractivity contribution in [3.8, 4) is 0 Å². The fourth-order valence-electron chi connectivity index (χ4n) is 1.74. The molecule has 1 rings (SSSR count). The number of halogens is 2. The number of benzene rings is 1. The quantitative estimate of drug-likeness (QED) is 0.801. The van der Waals surface area contributed by atoms with Gasteiger partial charge < -0.3 is 15.2 Å². The lowest BCUT2D eigenvalue weighted by atomic mass is 10.00. The maximum absolute atomic E-state index is 13.1. The average Bonchev–Trinajstić information content (AvgIpc) is 2.35. The number of rotatable bonds is 6. The van der Waals surface area contributed by atoms with Gasteiger partial charge in [-0.25, -0.2) is 4.39 Å². The van der Waals surface area contributed by atoms with Gasteiger partial charge in [0.15, 0.2) is 5.79 Å². The van der Waals surface area contributed by atoms with Gasteiger partial charge in [-0.05, 0) is 25.1 Å². The molecule has 3 nitrogen and oxygen atoms in total. The van der Waals surface area contributed by atoms with Crippen LogP contribution in [0, 0.1) is 5.82 Å². The predicted molar refractivity (Wildman–Crippen MR) is 65.4 cm³/mol. The minimum Gasteiger partial charge on any atom is -0.349 e. The van der Waals surface area contributed by atoms with Gasteiger partial charge in [-0.2, -0.15) is 0 Å². The summed E-state index contributed by atoms with van der Waals surface area (Å²) in [6, 6.07) is 4.41. The Balaban J connectivity index is 3.07. The van der Waals surface area contributed by atoms with E-state index in [1.807, 2.05) is 0 Å². The van der Waals surface area contributed by atoms with E-state index < -0.39 is 11.6 Å². The topological polar surface area (TPSA) is 44.5 Å². The molecule has 0 heterocycles. The van der Waals surface area contributed by atoms with Gasteiger partial charge in [0.25, 0.3) is 0 Å². The van der Waals surface area contributed by atoms with E-state index in [9.17, 15) is 4.39 Å². The van der Waals surface area contributed by atoms with Crippen LogP contribution < -0.4 is 5.73 Å². The van der Waals surface area contributed by atoms with Crippen LogP contribution in [-0.4, -0.2) is 20.8 Å². The number of methoxy groups -OCH3 is 2. The van der Waals surface area contributed by atoms with Crippen molar-refractivity contribution in [2.24, 2.45) is 5.73 Å². The van der Waals surface area contributed by atoms with Gasteiger partial charge in [0.05, 0.1) is 5.02 Å². The molecule has 1 aromatic carbocycles. The summed E-state index contributed by atoms with van der Waals surface area (Å²) in [7, 11) is 3.08. The zero-order chi connectivity index (χ0) is 12.9. The molecular weight excluding hydrogens is 245 g/mol. The van der Waals surface area contributed by atoms with E-state index in [4.69, 9.17) is 26.8 Å². The Bertz CT molecular complexity index is 370. The van der Waals surface area contributed by atoms with E-state index in [1.54, 1.807) is 6.07 Å². The minimum absolute atomic E-state index is 0.0497. The smallest absolute Gasteiger partial charge is 0.194 e. The molecular formula is C12H17ClFNO2. The minimum atomic E-state index is -0.920. The van der Waals surface area contributed by atoms with Crippen molar-refractivity contribution in [3.63, 3.8) is 0 Å². The Kier molecular flexibility index (Phi) is 5.33. The first-order valence-corrected chi connectivity index (χ1v) is 5.73. The standard InChI is InChI=1S/C12H17ClFNO2/c1-16-12(17-2,6-3-7-15)9-4-5-11(14)10(13)8-9/h4-5,8H,3,6-7,15H2,1-2H3. The van der Waals surface area contributed by atoms with Crippen molar-refractivity contribution in [2.45, 2.75) is 18.6 Å². The summed E-state index contributed by atoms with van der Waals surface area (Å²) in [6.07, 6.45) is 1.31. The van der Waals surface area contributed by atoms with Crippen LogP contribution in [0.2, 0.25) is 5.02 Å². The van der Waals surface area contributed by atoms with Gasteiger partial charge in [0.1, 0.15) is 5.82 Å². The SMILES string of the molecule is COC(CCCN)(OC)c1ccc(F)c(Cl)c1. The van der Waals surface area contributed by atoms with Gasteiger partial charge in [-0.15, -0.1) is 0 Å². The maximum Gasteiger partial charge on any atom is 0.194 e. The highest BCUT2D eigenvalue weighted by molar-refractivity contribution is 6.30. The molecule has 0 spiro atoms. The molecule has 0 amide bonds. The lowest BCUT2D eigenvalue weighted by molar-refractivity contribution is -0.220. The van der Waals surface area contributed by atoms with Crippen molar-refractivity contribution < 1.29 is 13.9 Å². The summed E-state index contributed by atoms with van der Waals surface area (Å²) >= 11 is 5.76. The van der Waals surface area contributed by atoms with Crippen molar-refractivity contribution in [1.29, 1.82) is 0 Å². The van der Waals surface area contributed by atoms with Crippen LogP contribution in [0.5, 0.6) is 0 Å². The van der Waals surface area contributed by atoms with Crippen LogP contribution in [0.3, 0.4) is 0 Å². The molecule has 0 bridgehead atoms. The molecule has 0 aromatic heterocycles. The van der Waals surface area contributed by atoms with Crippen molar-refractivity contribution in [1.82, 2.24) is 0 Å². The second-order valence-corrected chi connectivity index (χ2v) is 4.09. The maximum atomic E-state index is 13.1. The first-order chi connectivity index (χ1) is 8.09. The van der Waals surface area contributed by atoms with E-state index in [0.29, 0.717) is 18.5 Å². The van der Waals surface area contributed by atoms with Crippen LogP contribution in [-0.2, 0) is 15.3 Å². The van der Waals surface area contributed by atoms with E-state index in [2.05, 4.69) is 0 Å². The van der Waals surface area contributed by atoms with E-state index >= 15 is 0 Å². The number of hydrogen-bond acceptors (Lipinski definition) is 3. The van der Waals surface area contributed by atoms with Gasteiger partial charge in [-0.3, -0.25) is 0 Å². The Morgan fingerprint density at radius 3 is 2.47 bits per heavy atom. The molecule has 0 saturated carbocycles. The van der Waals surface area contributed by atoms with E-state index in [0.717, 1.165) is 6.42 Å². The Labute approximate surface area is 106 Å². The first-order valence-electron chi connectivity index (χ1n) is 5.35. The molecule has 96 valence electrons. The van der Waals surface area contributed by atoms with Crippen LogP contribution in [0.15, 0.2) is 18.2 Å². The molecule has 0 aliphatic rings. The third-order valence-electron chi connectivity index (χ3n) is 2.73. The second-order valence-electron chi connectivity index (χ2n) is 3.68. The molecule has 0 aliphatic carbocycles. The van der Waals surface area contributed by atoms with Gasteiger partial charge in [0.2, 0.25) is 0 Å². The molecule has 17 heavy (non-hydrogen) atoms. The number of hydrogen-bond donors (Lipinski definition) is 1. The highest BCUT2D eigenvalue weighted by atomic mass is 35.5. The lowest BCUT2D eigenvalue weighted by Crippen LogP contribution is -2.31. The van der Waals surface area contributed by atoms with Gasteiger partial charge in [-0.1, -0.05) is 17.7 Å². The predicted octanol–water partition coefficient (Wildman–Crippen LogP) is 2.66. The summed E-state index contributed by atoms with van der Waals surface area (Å²) in [5, 5.41) is 0.0497. The summed E-state index contributed by atoms with van der Waals surface area (Å²) in [4.78, 5) is 0. The van der Waals surface area contributed by atoms with Gasteiger partial charge >= 0.3 is 0 Å². The highest BCUT2D eigenvalue weighted by Crippen LogP contribution is 2.33. The zero-order valence-electron chi connectivity index (χ0n) is 10.0. The fourth-order valence-corrected chi connectivity index (χ4v) is 1.92. The molecule has 5 heteroatoms. The molecule has 0 unspecified atom stereocenters. The van der Waals surface area contributed by atoms with Crippen molar-refractivity contribution >= 4 is 11.6 Å². The van der Waals surface area contributed by atoms with Crippen LogP contribution in [0.25, 0.3) is 0 Å². The monoisotopic (exact) mass is 261 g/mol. The number of ether oxygens (including phenoxy) is 2. The molecule has 0 fully saturated rings. The van der Waals surface area contributed by atoms with Crippen LogP contribution in [0.1, 0.15) is 18.4 Å². The van der Waals surface area contributed by atoms with Crippen molar-refractivity contribution in [3.05, 3.63) is 34.6 Å². The highest BCUT2D eigenvalue weighted by Gasteiger charge is 2.31.